The Balaban J connectivity index is 1.69. The van der Waals surface area contributed by atoms with Crippen LogP contribution in [0.25, 0.3) is 0 Å². The van der Waals surface area contributed by atoms with Gasteiger partial charge in [-0.2, -0.15) is 0 Å². The molecule has 7 heteroatoms. The molecular formula is C21H23NO6. The van der Waals surface area contributed by atoms with Gasteiger partial charge < -0.3 is 24.6 Å². The SMILES string of the molecule is Cc1ccc(NC(=O)c2cccc(OCC(=O)O)c2)c(OCC2CCCO2)c1. The third kappa shape index (κ3) is 5.47. The van der Waals surface area contributed by atoms with Gasteiger partial charge in [-0.05, 0) is 55.7 Å². The third-order valence-electron chi connectivity index (χ3n) is 4.29. The highest BCUT2D eigenvalue weighted by atomic mass is 16.5. The van der Waals surface area contributed by atoms with Crippen molar-refractivity contribution >= 4 is 17.6 Å². The van der Waals surface area contributed by atoms with E-state index in [4.69, 9.17) is 19.3 Å². The smallest absolute Gasteiger partial charge is 0.341 e. The molecule has 0 saturated carbocycles. The van der Waals surface area contributed by atoms with Crippen molar-refractivity contribution in [3.8, 4) is 11.5 Å². The first kappa shape index (κ1) is 19.7. The predicted octanol–water partition coefficient (Wildman–Crippen LogP) is 3.27. The van der Waals surface area contributed by atoms with E-state index in [1.54, 1.807) is 24.3 Å². The minimum Gasteiger partial charge on any atom is -0.489 e. The van der Waals surface area contributed by atoms with E-state index in [9.17, 15) is 9.59 Å². The van der Waals surface area contributed by atoms with Crippen LogP contribution in [0.4, 0.5) is 5.69 Å². The average Bonchev–Trinajstić information content (AvgIpc) is 3.20. The Kier molecular flexibility index (Phi) is 6.49. The lowest BCUT2D eigenvalue weighted by molar-refractivity contribution is -0.139. The fourth-order valence-electron chi connectivity index (χ4n) is 2.88. The molecule has 1 atom stereocenters. The summed E-state index contributed by atoms with van der Waals surface area (Å²) in [6.45, 7) is 2.68. The van der Waals surface area contributed by atoms with Gasteiger partial charge in [0.15, 0.2) is 6.61 Å². The molecule has 1 aliphatic rings. The Labute approximate surface area is 163 Å². The highest BCUT2D eigenvalue weighted by molar-refractivity contribution is 6.05. The second-order valence-electron chi connectivity index (χ2n) is 6.61. The predicted molar refractivity (Wildman–Crippen MR) is 103 cm³/mol. The summed E-state index contributed by atoms with van der Waals surface area (Å²) in [4.78, 5) is 23.3. The molecule has 0 aromatic heterocycles. The number of rotatable bonds is 8. The summed E-state index contributed by atoms with van der Waals surface area (Å²) in [5.41, 5.74) is 1.93. The molecule has 1 saturated heterocycles. The molecule has 1 fully saturated rings. The Bertz CT molecular complexity index is 845. The van der Waals surface area contributed by atoms with Crippen molar-refractivity contribution in [3.63, 3.8) is 0 Å². The number of hydrogen-bond donors (Lipinski definition) is 2. The number of benzene rings is 2. The molecular weight excluding hydrogens is 362 g/mol. The normalized spacial score (nSPS) is 15.8. The topological polar surface area (TPSA) is 94.1 Å². The van der Waals surface area contributed by atoms with Crippen molar-refractivity contribution < 1.29 is 28.9 Å². The molecule has 3 rings (SSSR count). The number of hydrogen-bond acceptors (Lipinski definition) is 5. The number of aliphatic carboxylic acids is 1. The number of nitrogens with one attached hydrogen (secondary N) is 1. The van der Waals surface area contributed by atoms with Crippen LogP contribution >= 0.6 is 0 Å². The number of carbonyl (C=O) groups is 2. The molecule has 1 amide bonds. The lowest BCUT2D eigenvalue weighted by atomic mass is 10.1. The first-order valence-electron chi connectivity index (χ1n) is 9.12. The Morgan fingerprint density at radius 2 is 2.07 bits per heavy atom. The quantitative estimate of drug-likeness (QED) is 0.724. The lowest BCUT2D eigenvalue weighted by Gasteiger charge is -2.16. The van der Waals surface area contributed by atoms with Gasteiger partial charge in [0.1, 0.15) is 18.1 Å². The number of amides is 1. The van der Waals surface area contributed by atoms with Gasteiger partial charge in [-0.3, -0.25) is 4.79 Å². The minimum atomic E-state index is -1.08. The maximum atomic E-state index is 12.6. The summed E-state index contributed by atoms with van der Waals surface area (Å²) in [6.07, 6.45) is 2.08. The number of anilines is 1. The fourth-order valence-corrected chi connectivity index (χ4v) is 2.88. The van der Waals surface area contributed by atoms with E-state index in [0.29, 0.717) is 29.4 Å². The number of carboxylic acids is 1. The zero-order chi connectivity index (χ0) is 19.9. The number of carbonyl (C=O) groups excluding carboxylic acids is 1. The highest BCUT2D eigenvalue weighted by Crippen LogP contribution is 2.28. The molecule has 7 nitrogen and oxygen atoms in total. The summed E-state index contributed by atoms with van der Waals surface area (Å²) in [7, 11) is 0. The second-order valence-corrected chi connectivity index (χ2v) is 6.61. The summed E-state index contributed by atoms with van der Waals surface area (Å²) < 4.78 is 16.6. The molecule has 2 aromatic carbocycles. The Hall–Kier alpha value is -3.06. The van der Waals surface area contributed by atoms with E-state index >= 15 is 0 Å². The molecule has 0 bridgehead atoms. The zero-order valence-electron chi connectivity index (χ0n) is 15.6. The number of ether oxygens (including phenoxy) is 3. The van der Waals surface area contributed by atoms with Gasteiger partial charge in [0, 0.05) is 12.2 Å². The van der Waals surface area contributed by atoms with Gasteiger partial charge in [-0.25, -0.2) is 4.79 Å². The molecule has 2 N–H and O–H groups in total. The highest BCUT2D eigenvalue weighted by Gasteiger charge is 2.18. The molecule has 0 spiro atoms. The maximum absolute atomic E-state index is 12.6. The van der Waals surface area contributed by atoms with Crippen LogP contribution in [0.3, 0.4) is 0 Å². The standard InChI is InChI=1S/C21H23NO6/c1-14-7-8-18(19(10-14)28-12-17-6-3-9-26-17)22-21(25)15-4-2-5-16(11-15)27-13-20(23)24/h2,4-5,7-8,10-11,17H,3,6,9,12-13H2,1H3,(H,22,25)(H,23,24). The average molecular weight is 385 g/mol. The molecule has 1 aliphatic heterocycles. The second kappa shape index (κ2) is 9.23. The first-order valence-corrected chi connectivity index (χ1v) is 9.12. The van der Waals surface area contributed by atoms with Crippen LogP contribution in [0.1, 0.15) is 28.8 Å². The summed E-state index contributed by atoms with van der Waals surface area (Å²) in [5.74, 6) is -0.523. The van der Waals surface area contributed by atoms with Gasteiger partial charge in [0.25, 0.3) is 5.91 Å². The van der Waals surface area contributed by atoms with Crippen LogP contribution < -0.4 is 14.8 Å². The summed E-state index contributed by atoms with van der Waals surface area (Å²) in [6, 6.07) is 11.9. The van der Waals surface area contributed by atoms with Crippen molar-refractivity contribution in [1.29, 1.82) is 0 Å². The van der Waals surface area contributed by atoms with Crippen molar-refractivity contribution in [2.75, 3.05) is 25.1 Å². The summed E-state index contributed by atoms with van der Waals surface area (Å²) in [5, 5.41) is 11.5. The van der Waals surface area contributed by atoms with E-state index in [-0.39, 0.29) is 12.0 Å². The fraction of sp³-hybridized carbons (Fsp3) is 0.333. The van der Waals surface area contributed by atoms with Crippen LogP contribution in [0.2, 0.25) is 0 Å². The van der Waals surface area contributed by atoms with Crippen molar-refractivity contribution in [2.24, 2.45) is 0 Å². The van der Waals surface area contributed by atoms with Crippen molar-refractivity contribution in [1.82, 2.24) is 0 Å². The van der Waals surface area contributed by atoms with Crippen molar-refractivity contribution in [3.05, 3.63) is 53.6 Å². The molecule has 1 unspecified atom stereocenters. The molecule has 2 aromatic rings. The van der Waals surface area contributed by atoms with Crippen LogP contribution in [0, 0.1) is 6.92 Å². The van der Waals surface area contributed by atoms with Gasteiger partial charge in [0.05, 0.1) is 11.8 Å². The number of carboxylic acid groups (broad SMARTS) is 1. The largest absolute Gasteiger partial charge is 0.489 e. The van der Waals surface area contributed by atoms with Gasteiger partial charge >= 0.3 is 5.97 Å². The molecule has 0 radical (unpaired) electrons. The zero-order valence-corrected chi connectivity index (χ0v) is 15.6. The Morgan fingerprint density at radius 3 is 2.82 bits per heavy atom. The van der Waals surface area contributed by atoms with E-state index in [2.05, 4.69) is 5.32 Å². The van der Waals surface area contributed by atoms with E-state index < -0.39 is 12.6 Å². The van der Waals surface area contributed by atoms with E-state index in [1.807, 2.05) is 19.1 Å². The van der Waals surface area contributed by atoms with Crippen molar-refractivity contribution in [2.45, 2.75) is 25.9 Å². The molecule has 0 aliphatic carbocycles. The van der Waals surface area contributed by atoms with Crippen LogP contribution in [-0.2, 0) is 9.53 Å². The number of aryl methyl sites for hydroxylation is 1. The molecule has 28 heavy (non-hydrogen) atoms. The molecule has 148 valence electrons. The third-order valence-corrected chi connectivity index (χ3v) is 4.29. The van der Waals surface area contributed by atoms with E-state index in [1.165, 1.54) is 6.07 Å². The van der Waals surface area contributed by atoms with Crippen LogP contribution in [-0.4, -0.2) is 42.9 Å². The summed E-state index contributed by atoms with van der Waals surface area (Å²) >= 11 is 0. The van der Waals surface area contributed by atoms with Crippen LogP contribution in [0.15, 0.2) is 42.5 Å². The monoisotopic (exact) mass is 385 g/mol. The van der Waals surface area contributed by atoms with Gasteiger partial charge in [0.2, 0.25) is 0 Å². The Morgan fingerprint density at radius 1 is 1.21 bits per heavy atom. The minimum absolute atomic E-state index is 0.0760. The van der Waals surface area contributed by atoms with E-state index in [0.717, 1.165) is 25.0 Å². The van der Waals surface area contributed by atoms with Gasteiger partial charge in [-0.1, -0.05) is 12.1 Å². The first-order chi connectivity index (χ1) is 13.5. The van der Waals surface area contributed by atoms with Crippen LogP contribution in [0.5, 0.6) is 11.5 Å². The molecule has 1 heterocycles. The van der Waals surface area contributed by atoms with Gasteiger partial charge in [-0.15, -0.1) is 0 Å². The lowest BCUT2D eigenvalue weighted by Crippen LogP contribution is -2.18. The maximum Gasteiger partial charge on any atom is 0.341 e.